The molecule has 1 aromatic carbocycles. The third-order valence-corrected chi connectivity index (χ3v) is 7.76. The number of nitrogens with zero attached hydrogens (tertiary/aromatic N) is 3. The van der Waals surface area contributed by atoms with Gasteiger partial charge in [-0.25, -0.2) is 14.6 Å². The van der Waals surface area contributed by atoms with Crippen molar-refractivity contribution < 1.29 is 24.2 Å². The van der Waals surface area contributed by atoms with Gasteiger partial charge in [0.1, 0.15) is 24.2 Å². The number of carboxylic acids is 1. The lowest BCUT2D eigenvalue weighted by Crippen LogP contribution is -2.58. The van der Waals surface area contributed by atoms with Crippen molar-refractivity contribution in [1.82, 2.24) is 20.1 Å². The van der Waals surface area contributed by atoms with Crippen molar-refractivity contribution in [2.75, 3.05) is 51.3 Å². The Bertz CT molecular complexity index is 1110. The zero-order valence-electron chi connectivity index (χ0n) is 24.4. The van der Waals surface area contributed by atoms with Gasteiger partial charge in [0, 0.05) is 25.3 Å². The molecular formula is C31H45N5O5. The number of carbonyl (C=O) groups is 2. The molecule has 1 saturated heterocycles. The Hall–Kier alpha value is -3.37. The van der Waals surface area contributed by atoms with Crippen LogP contribution in [0.5, 0.6) is 5.75 Å². The summed E-state index contributed by atoms with van der Waals surface area (Å²) >= 11 is 0. The molecule has 2 aliphatic heterocycles. The number of pyridine rings is 1. The largest absolute Gasteiger partial charge is 0.492 e. The van der Waals surface area contributed by atoms with Gasteiger partial charge in [0.25, 0.3) is 0 Å². The minimum Gasteiger partial charge on any atom is -0.492 e. The maximum Gasteiger partial charge on any atom is 0.326 e. The summed E-state index contributed by atoms with van der Waals surface area (Å²) in [7, 11) is 0. The van der Waals surface area contributed by atoms with E-state index in [9.17, 15) is 14.7 Å². The molecule has 2 aliphatic rings. The topological polar surface area (TPSA) is 116 Å². The van der Waals surface area contributed by atoms with E-state index in [0.29, 0.717) is 39.3 Å². The van der Waals surface area contributed by atoms with E-state index in [1.54, 1.807) is 4.90 Å². The van der Waals surface area contributed by atoms with Crippen LogP contribution in [-0.4, -0.2) is 96.0 Å². The highest BCUT2D eigenvalue weighted by molar-refractivity contribution is 5.83. The molecular weight excluding hydrogens is 522 g/mol. The first-order valence-corrected chi connectivity index (χ1v) is 14.9. The molecule has 2 amide bonds. The third-order valence-electron chi connectivity index (χ3n) is 7.76. The molecule has 2 aromatic rings. The lowest BCUT2D eigenvalue weighted by atomic mass is 10.1. The molecule has 0 spiro atoms. The number of rotatable bonds is 14. The third kappa shape index (κ3) is 9.33. The number of carbonyl (C=O) groups excluding carboxylic acids is 1. The van der Waals surface area contributed by atoms with Gasteiger partial charge in [0.05, 0.1) is 25.3 Å². The van der Waals surface area contributed by atoms with E-state index in [2.05, 4.69) is 27.7 Å². The van der Waals surface area contributed by atoms with Gasteiger partial charge in [-0.05, 0) is 82.7 Å². The van der Waals surface area contributed by atoms with Gasteiger partial charge in [0.2, 0.25) is 0 Å². The zero-order valence-corrected chi connectivity index (χ0v) is 24.4. The number of morpholine rings is 1. The normalized spacial score (nSPS) is 19.2. The van der Waals surface area contributed by atoms with Crippen LogP contribution in [0.2, 0.25) is 0 Å². The van der Waals surface area contributed by atoms with Crippen LogP contribution in [0.25, 0.3) is 0 Å². The van der Waals surface area contributed by atoms with E-state index in [0.717, 1.165) is 62.5 Å². The van der Waals surface area contributed by atoms with Crippen molar-refractivity contribution in [3.63, 3.8) is 0 Å². The number of aromatic nitrogens is 1. The summed E-state index contributed by atoms with van der Waals surface area (Å²) in [5.74, 6) is 0.805. The summed E-state index contributed by atoms with van der Waals surface area (Å²) in [5.41, 5.74) is 2.39. The number of benzene rings is 1. The van der Waals surface area contributed by atoms with Crippen LogP contribution < -0.4 is 15.4 Å². The molecule has 10 nitrogen and oxygen atoms in total. The average Bonchev–Trinajstić information content (AvgIpc) is 2.97. The van der Waals surface area contributed by atoms with E-state index in [1.807, 2.05) is 44.2 Å². The SMILES string of the molecule is C[C@@H]1COC[C@H](C)N1C(=O)N[C@@H](CCN(CCCCc1ccc2c(n1)NCCC2)CCOc1ccccc1)C(=O)O. The second-order valence-corrected chi connectivity index (χ2v) is 11.1. The van der Waals surface area contributed by atoms with Crippen molar-refractivity contribution >= 4 is 17.8 Å². The highest BCUT2D eigenvalue weighted by Crippen LogP contribution is 2.20. The predicted octanol–water partition coefficient (Wildman–Crippen LogP) is 3.81. The Morgan fingerprint density at radius 2 is 1.90 bits per heavy atom. The number of nitrogens with one attached hydrogen (secondary N) is 2. The van der Waals surface area contributed by atoms with Gasteiger partial charge in [-0.2, -0.15) is 0 Å². The number of para-hydroxylation sites is 1. The number of hydrogen-bond acceptors (Lipinski definition) is 7. The number of anilines is 1. The van der Waals surface area contributed by atoms with Gasteiger partial charge in [-0.15, -0.1) is 0 Å². The van der Waals surface area contributed by atoms with Crippen molar-refractivity contribution in [2.24, 2.45) is 0 Å². The minimum atomic E-state index is -1.03. The number of fused-ring (bicyclic) bond motifs is 1. The lowest BCUT2D eigenvalue weighted by molar-refractivity contribution is -0.139. The fraction of sp³-hybridized carbons (Fsp3) is 0.581. The Kier molecular flexibility index (Phi) is 11.6. The van der Waals surface area contributed by atoms with E-state index < -0.39 is 12.0 Å². The summed E-state index contributed by atoms with van der Waals surface area (Å²) in [6.45, 7) is 8.19. The van der Waals surface area contributed by atoms with Gasteiger partial charge < -0.3 is 30.1 Å². The van der Waals surface area contributed by atoms with Crippen LogP contribution in [-0.2, 0) is 22.4 Å². The summed E-state index contributed by atoms with van der Waals surface area (Å²) in [6, 6.07) is 12.4. The van der Waals surface area contributed by atoms with Crippen molar-refractivity contribution in [1.29, 1.82) is 0 Å². The number of aliphatic carboxylic acids is 1. The molecule has 1 aromatic heterocycles. The van der Waals surface area contributed by atoms with Crippen LogP contribution in [0, 0.1) is 0 Å². The first-order chi connectivity index (χ1) is 19.9. The van der Waals surface area contributed by atoms with Crippen LogP contribution >= 0.6 is 0 Å². The van der Waals surface area contributed by atoms with Crippen molar-refractivity contribution in [2.45, 2.75) is 70.5 Å². The van der Waals surface area contributed by atoms with Crippen LogP contribution in [0.4, 0.5) is 10.6 Å². The summed E-state index contributed by atoms with van der Waals surface area (Å²) in [6.07, 6.45) is 5.36. The highest BCUT2D eigenvalue weighted by atomic mass is 16.5. The Balaban J connectivity index is 1.29. The number of aryl methyl sites for hydroxylation is 2. The smallest absolute Gasteiger partial charge is 0.326 e. The fourth-order valence-electron chi connectivity index (χ4n) is 5.49. The standard InChI is InChI=1S/C31H45N5O5/c1-23-21-40-22-24(2)36(23)31(39)34-28(30(37)38)15-18-35(19-20-41-27-11-4-3-5-12-27)17-7-6-10-26-14-13-25-9-8-16-32-29(25)33-26/h3-5,11-14,23-24,28H,6-10,15-22H2,1-2H3,(H,32,33)(H,34,39)(H,37,38)/t23-,24+,28-/m0/s1. The Morgan fingerprint density at radius 3 is 2.66 bits per heavy atom. The maximum atomic E-state index is 13.0. The number of carboxylic acid groups (broad SMARTS) is 1. The maximum absolute atomic E-state index is 13.0. The number of unbranched alkanes of at least 4 members (excludes halogenated alkanes) is 1. The molecule has 0 bridgehead atoms. The van der Waals surface area contributed by atoms with Crippen LogP contribution in [0.15, 0.2) is 42.5 Å². The summed E-state index contributed by atoms with van der Waals surface area (Å²) < 4.78 is 11.4. The van der Waals surface area contributed by atoms with Gasteiger partial charge in [-0.3, -0.25) is 4.90 Å². The second kappa shape index (κ2) is 15.6. The molecule has 3 N–H and O–H groups in total. The highest BCUT2D eigenvalue weighted by Gasteiger charge is 2.32. The van der Waals surface area contributed by atoms with Gasteiger partial charge >= 0.3 is 12.0 Å². The molecule has 3 atom stereocenters. The van der Waals surface area contributed by atoms with Gasteiger partial charge in [-0.1, -0.05) is 24.3 Å². The van der Waals surface area contributed by atoms with E-state index in [4.69, 9.17) is 14.5 Å². The van der Waals surface area contributed by atoms with Crippen LogP contribution in [0.3, 0.4) is 0 Å². The first-order valence-electron chi connectivity index (χ1n) is 14.9. The quantitative estimate of drug-likeness (QED) is 0.295. The molecule has 0 aliphatic carbocycles. The number of ether oxygens (including phenoxy) is 2. The number of urea groups is 1. The molecule has 41 heavy (non-hydrogen) atoms. The number of amides is 2. The van der Waals surface area contributed by atoms with Crippen molar-refractivity contribution in [3.05, 3.63) is 53.7 Å². The Labute approximate surface area is 243 Å². The first kappa shape index (κ1) is 30.6. The van der Waals surface area contributed by atoms with E-state index >= 15 is 0 Å². The summed E-state index contributed by atoms with van der Waals surface area (Å²) in [4.78, 5) is 33.8. The molecule has 0 saturated carbocycles. The molecule has 0 unspecified atom stereocenters. The molecule has 0 radical (unpaired) electrons. The average molecular weight is 568 g/mol. The summed E-state index contributed by atoms with van der Waals surface area (Å²) in [5, 5.41) is 16.1. The van der Waals surface area contributed by atoms with Crippen LogP contribution in [0.1, 0.15) is 50.8 Å². The molecule has 10 heteroatoms. The van der Waals surface area contributed by atoms with E-state index in [1.165, 1.54) is 5.56 Å². The monoisotopic (exact) mass is 567 g/mol. The number of hydrogen-bond donors (Lipinski definition) is 3. The zero-order chi connectivity index (χ0) is 29.0. The fourth-order valence-corrected chi connectivity index (χ4v) is 5.49. The molecule has 1 fully saturated rings. The molecule has 3 heterocycles. The van der Waals surface area contributed by atoms with Gasteiger partial charge in [0.15, 0.2) is 0 Å². The lowest BCUT2D eigenvalue weighted by Gasteiger charge is -2.39. The predicted molar refractivity (Wildman–Crippen MR) is 159 cm³/mol. The van der Waals surface area contributed by atoms with Crippen molar-refractivity contribution in [3.8, 4) is 5.75 Å². The minimum absolute atomic E-state index is 0.111. The van der Waals surface area contributed by atoms with E-state index in [-0.39, 0.29) is 18.1 Å². The Morgan fingerprint density at radius 1 is 1.12 bits per heavy atom. The molecule has 4 rings (SSSR count). The second-order valence-electron chi connectivity index (χ2n) is 11.1. The molecule has 224 valence electrons.